The van der Waals surface area contributed by atoms with Crippen molar-refractivity contribution in [2.75, 3.05) is 17.3 Å². The highest BCUT2D eigenvalue weighted by molar-refractivity contribution is 7.91. The topological polar surface area (TPSA) is 141 Å². The number of nitro benzene ring substituents is 1. The first-order valence-electron chi connectivity index (χ1n) is 8.71. The second-order valence-corrected chi connectivity index (χ2v) is 12.1. The van der Waals surface area contributed by atoms with Gasteiger partial charge in [0.1, 0.15) is 21.4 Å². The lowest BCUT2D eigenvalue weighted by Crippen LogP contribution is -2.54. The molecule has 0 saturated carbocycles. The number of hydrogen-bond acceptors (Lipinski definition) is 7. The summed E-state index contributed by atoms with van der Waals surface area (Å²) in [6.07, 6.45) is -6.72. The molecule has 3 unspecified atom stereocenters. The molecular weight excluding hydrogens is 549 g/mol. The molecule has 9 nitrogen and oxygen atoms in total. The van der Waals surface area contributed by atoms with E-state index in [0.717, 1.165) is 0 Å². The molecule has 0 aromatic heterocycles. The SMILES string of the molecule is O=C(CS(=O)c1ccc(S(=O)C(F)(F)C(F)(F)C(F)(F)F)cc1[N+](=O)[O-])NC1CCS(=O)(=O)C1. The number of nitrogens with one attached hydrogen (secondary N) is 1. The number of benzene rings is 1. The molecule has 0 spiro atoms. The average molecular weight is 562 g/mol. The van der Waals surface area contributed by atoms with Crippen LogP contribution < -0.4 is 5.32 Å². The Balaban J connectivity index is 2.28. The number of nitrogens with zero attached hydrogens (tertiary/aromatic N) is 1. The molecule has 1 heterocycles. The van der Waals surface area contributed by atoms with Crippen molar-refractivity contribution in [1.29, 1.82) is 0 Å². The zero-order chi connectivity index (χ0) is 26.3. The number of alkyl halides is 7. The van der Waals surface area contributed by atoms with E-state index in [0.29, 0.717) is 6.07 Å². The van der Waals surface area contributed by atoms with E-state index < -0.39 is 86.9 Å². The molecule has 1 aromatic carbocycles. The van der Waals surface area contributed by atoms with Crippen molar-refractivity contribution in [3.63, 3.8) is 0 Å². The zero-order valence-electron chi connectivity index (χ0n) is 16.3. The minimum Gasteiger partial charge on any atom is -0.352 e. The van der Waals surface area contributed by atoms with Gasteiger partial charge < -0.3 is 5.32 Å². The van der Waals surface area contributed by atoms with Gasteiger partial charge >= 0.3 is 17.4 Å². The van der Waals surface area contributed by atoms with Crippen molar-refractivity contribution in [1.82, 2.24) is 5.32 Å². The Labute approximate surface area is 191 Å². The van der Waals surface area contributed by atoms with Crippen LogP contribution in [0.15, 0.2) is 28.0 Å². The molecule has 1 N–H and O–H groups in total. The highest BCUT2D eigenvalue weighted by atomic mass is 32.2. The molecule has 3 atom stereocenters. The number of hydrogen-bond donors (Lipinski definition) is 1. The smallest absolute Gasteiger partial charge is 0.352 e. The summed E-state index contributed by atoms with van der Waals surface area (Å²) >= 11 is 0. The Bertz CT molecular complexity index is 1160. The second-order valence-electron chi connectivity index (χ2n) is 6.90. The first kappa shape index (κ1) is 28.1. The van der Waals surface area contributed by atoms with Gasteiger partial charge in [-0.2, -0.15) is 30.7 Å². The molecule has 19 heteroatoms. The van der Waals surface area contributed by atoms with E-state index in [1.807, 2.05) is 0 Å². The van der Waals surface area contributed by atoms with Crippen LogP contribution >= 0.6 is 0 Å². The van der Waals surface area contributed by atoms with E-state index in [1.165, 1.54) is 0 Å². The summed E-state index contributed by atoms with van der Waals surface area (Å²) in [5.74, 6) is -9.28. The predicted octanol–water partition coefficient (Wildman–Crippen LogP) is 1.90. The maximum Gasteiger partial charge on any atom is 0.461 e. The van der Waals surface area contributed by atoms with Gasteiger partial charge in [0.2, 0.25) is 5.91 Å². The normalized spacial score (nSPS) is 20.5. The summed E-state index contributed by atoms with van der Waals surface area (Å²) in [6.45, 7) is 0. The van der Waals surface area contributed by atoms with Gasteiger partial charge in [0.25, 0.3) is 5.69 Å². The summed E-state index contributed by atoms with van der Waals surface area (Å²) in [4.78, 5) is 19.6. The van der Waals surface area contributed by atoms with Gasteiger partial charge in [0.15, 0.2) is 9.84 Å². The van der Waals surface area contributed by atoms with E-state index in [1.54, 1.807) is 0 Å². The lowest BCUT2D eigenvalue weighted by molar-refractivity contribution is -0.388. The van der Waals surface area contributed by atoms with Crippen molar-refractivity contribution < 1.29 is 57.3 Å². The average Bonchev–Trinajstić information content (AvgIpc) is 3.03. The van der Waals surface area contributed by atoms with Gasteiger partial charge in [-0.15, -0.1) is 0 Å². The summed E-state index contributed by atoms with van der Waals surface area (Å²) in [7, 11) is -10.4. The molecule has 1 aliphatic rings. The van der Waals surface area contributed by atoms with Crippen molar-refractivity contribution in [2.45, 2.75) is 39.6 Å². The molecule has 1 fully saturated rings. The number of halogens is 7. The molecule has 1 saturated heterocycles. The van der Waals surface area contributed by atoms with Gasteiger partial charge in [-0.05, 0) is 18.6 Å². The first-order chi connectivity index (χ1) is 15.3. The number of sulfone groups is 1. The van der Waals surface area contributed by atoms with Gasteiger partial charge in [0, 0.05) is 12.1 Å². The minimum absolute atomic E-state index is 0.00877. The van der Waals surface area contributed by atoms with Crippen LogP contribution in [0.1, 0.15) is 6.42 Å². The molecule has 0 aliphatic carbocycles. The van der Waals surface area contributed by atoms with Crippen molar-refractivity contribution in [2.24, 2.45) is 0 Å². The fourth-order valence-corrected chi connectivity index (χ4v) is 6.54. The molecule has 1 aromatic rings. The Morgan fingerprint density at radius 2 is 1.74 bits per heavy atom. The van der Waals surface area contributed by atoms with Crippen molar-refractivity contribution in [3.8, 4) is 0 Å². The van der Waals surface area contributed by atoms with Crippen LogP contribution in [-0.4, -0.2) is 68.3 Å². The van der Waals surface area contributed by atoms with Crippen LogP contribution in [0, 0.1) is 10.1 Å². The van der Waals surface area contributed by atoms with E-state index >= 15 is 0 Å². The van der Waals surface area contributed by atoms with E-state index in [-0.39, 0.29) is 30.1 Å². The van der Waals surface area contributed by atoms with Crippen LogP contribution in [0.2, 0.25) is 0 Å². The van der Waals surface area contributed by atoms with Crippen LogP contribution in [0.25, 0.3) is 0 Å². The molecule has 0 bridgehead atoms. The Kier molecular flexibility index (Phi) is 7.83. The lowest BCUT2D eigenvalue weighted by Gasteiger charge is -2.27. The largest absolute Gasteiger partial charge is 0.461 e. The summed E-state index contributed by atoms with van der Waals surface area (Å²) < 4.78 is 138. The third kappa shape index (κ3) is 5.73. The zero-order valence-corrected chi connectivity index (χ0v) is 18.8. The minimum atomic E-state index is -6.79. The third-order valence-corrected chi connectivity index (χ3v) is 8.93. The van der Waals surface area contributed by atoms with Crippen LogP contribution in [-0.2, 0) is 36.2 Å². The fraction of sp³-hybridized carbons (Fsp3) is 0.533. The molecule has 0 radical (unpaired) electrons. The van der Waals surface area contributed by atoms with Crippen LogP contribution in [0.4, 0.5) is 36.4 Å². The van der Waals surface area contributed by atoms with Crippen LogP contribution in [0.5, 0.6) is 0 Å². The maximum atomic E-state index is 13.7. The van der Waals surface area contributed by atoms with Crippen molar-refractivity contribution >= 4 is 43.0 Å². The Hall–Kier alpha value is -2.15. The molecule has 192 valence electrons. The highest BCUT2D eigenvalue weighted by Crippen LogP contribution is 2.49. The van der Waals surface area contributed by atoms with E-state index in [4.69, 9.17) is 0 Å². The van der Waals surface area contributed by atoms with Gasteiger partial charge in [-0.25, -0.2) is 12.6 Å². The lowest BCUT2D eigenvalue weighted by atomic mass is 10.3. The fourth-order valence-electron chi connectivity index (χ4n) is 2.75. The molecule has 1 aliphatic heterocycles. The maximum absolute atomic E-state index is 13.7. The summed E-state index contributed by atoms with van der Waals surface area (Å²) in [6, 6.07) is -0.105. The quantitative estimate of drug-likeness (QED) is 0.290. The second kappa shape index (κ2) is 9.48. The Morgan fingerprint density at radius 3 is 2.21 bits per heavy atom. The number of carbonyl (C=O) groups is 1. The summed E-state index contributed by atoms with van der Waals surface area (Å²) in [5, 5.41) is 7.27. The summed E-state index contributed by atoms with van der Waals surface area (Å²) in [5.41, 5.74) is -1.33. The van der Waals surface area contributed by atoms with E-state index in [2.05, 4.69) is 5.32 Å². The number of rotatable bonds is 8. The molecular formula is C15H13F7N2O7S3. The van der Waals surface area contributed by atoms with Gasteiger partial charge in [-0.3, -0.25) is 19.1 Å². The van der Waals surface area contributed by atoms with E-state index in [9.17, 15) is 62.5 Å². The molecule has 2 rings (SSSR count). The standard InChI is InChI=1S/C15H13F7N2O7S3/c16-13(17,14(18,19)20)15(21,22)33(29)9-1-2-11(10(5-9)24(26)27)32(28)6-12(25)23-8-3-4-34(30,31)7-8/h1-2,5,8H,3-4,6-7H2,(H,23,25). The van der Waals surface area contributed by atoms with Gasteiger partial charge in [0.05, 0.1) is 32.1 Å². The third-order valence-electron chi connectivity index (χ3n) is 4.40. The molecule has 34 heavy (non-hydrogen) atoms. The van der Waals surface area contributed by atoms with Crippen molar-refractivity contribution in [3.05, 3.63) is 28.3 Å². The van der Waals surface area contributed by atoms with Gasteiger partial charge in [-0.1, -0.05) is 0 Å². The number of carbonyl (C=O) groups excluding carboxylic acids is 1. The predicted molar refractivity (Wildman–Crippen MR) is 102 cm³/mol. The number of amides is 1. The van der Waals surface area contributed by atoms with Crippen LogP contribution in [0.3, 0.4) is 0 Å². The monoisotopic (exact) mass is 562 g/mol. The first-order valence-corrected chi connectivity index (χ1v) is 13.0. The highest BCUT2D eigenvalue weighted by Gasteiger charge is 2.76. The Morgan fingerprint density at radius 1 is 1.15 bits per heavy atom. The number of nitro groups is 1. The molecule has 1 amide bonds.